The summed E-state index contributed by atoms with van der Waals surface area (Å²) in [4.78, 5) is 21.9. The molecule has 0 spiro atoms. The van der Waals surface area contributed by atoms with E-state index in [0.29, 0.717) is 5.69 Å². The predicted octanol–water partition coefficient (Wildman–Crippen LogP) is 1.50. The first-order valence-corrected chi connectivity index (χ1v) is 4.72. The zero-order valence-electron chi connectivity index (χ0n) is 7.70. The third-order valence-corrected chi connectivity index (χ3v) is 2.83. The van der Waals surface area contributed by atoms with Crippen molar-refractivity contribution in [2.75, 3.05) is 0 Å². The van der Waals surface area contributed by atoms with Gasteiger partial charge in [-0.3, -0.25) is 9.36 Å². The van der Waals surface area contributed by atoms with E-state index >= 15 is 0 Å². The van der Waals surface area contributed by atoms with Gasteiger partial charge in [0.15, 0.2) is 0 Å². The Morgan fingerprint density at radius 3 is 2.31 bits per heavy atom. The van der Waals surface area contributed by atoms with E-state index in [2.05, 4.69) is 0 Å². The van der Waals surface area contributed by atoms with Gasteiger partial charge in [0.05, 0.1) is 0 Å². The zero-order valence-corrected chi connectivity index (χ0v) is 8.51. The van der Waals surface area contributed by atoms with Crippen molar-refractivity contribution in [2.24, 2.45) is 0 Å². The summed E-state index contributed by atoms with van der Waals surface area (Å²) < 4.78 is 1.49. The van der Waals surface area contributed by atoms with Crippen molar-refractivity contribution >= 4 is 17.3 Å². The van der Waals surface area contributed by atoms with Crippen LogP contribution < -0.4 is 4.87 Å². The summed E-state index contributed by atoms with van der Waals surface area (Å²) in [5, 5.41) is 8.74. The highest BCUT2D eigenvalue weighted by Gasteiger charge is 2.17. The predicted molar refractivity (Wildman–Crippen MR) is 50.7 cm³/mol. The average Bonchev–Trinajstić information content (AvgIpc) is 2.26. The second-order valence-corrected chi connectivity index (χ2v) is 4.01. The zero-order chi connectivity index (χ0) is 10.2. The first-order chi connectivity index (χ1) is 5.95. The van der Waals surface area contributed by atoms with Crippen LogP contribution in [-0.2, 0) is 0 Å². The molecular formula is C8H11NO3S. The average molecular weight is 201 g/mol. The van der Waals surface area contributed by atoms with Crippen molar-refractivity contribution in [1.29, 1.82) is 0 Å². The molecule has 0 aliphatic heterocycles. The first kappa shape index (κ1) is 9.98. The Bertz CT molecular complexity index is 389. The number of carboxylic acids is 1. The van der Waals surface area contributed by atoms with Crippen LogP contribution in [0.2, 0.25) is 0 Å². The minimum Gasteiger partial charge on any atom is -0.477 e. The van der Waals surface area contributed by atoms with E-state index in [1.165, 1.54) is 4.57 Å². The van der Waals surface area contributed by atoms with Crippen LogP contribution in [0.15, 0.2) is 4.79 Å². The van der Waals surface area contributed by atoms with E-state index in [0.717, 1.165) is 11.3 Å². The van der Waals surface area contributed by atoms with Gasteiger partial charge < -0.3 is 5.11 Å². The van der Waals surface area contributed by atoms with Crippen LogP contribution >= 0.6 is 11.3 Å². The molecule has 0 saturated heterocycles. The van der Waals surface area contributed by atoms with Crippen molar-refractivity contribution in [2.45, 2.75) is 26.8 Å². The number of aromatic carboxylic acids is 1. The quantitative estimate of drug-likeness (QED) is 0.788. The van der Waals surface area contributed by atoms with Gasteiger partial charge in [-0.2, -0.15) is 0 Å². The number of carbonyl (C=O) groups is 1. The normalized spacial score (nSPS) is 10.8. The van der Waals surface area contributed by atoms with Crippen LogP contribution in [0.25, 0.3) is 0 Å². The van der Waals surface area contributed by atoms with E-state index in [-0.39, 0.29) is 15.8 Å². The van der Waals surface area contributed by atoms with Crippen LogP contribution in [0, 0.1) is 6.92 Å². The van der Waals surface area contributed by atoms with Crippen LogP contribution in [-0.4, -0.2) is 15.6 Å². The van der Waals surface area contributed by atoms with E-state index in [4.69, 9.17) is 5.11 Å². The lowest BCUT2D eigenvalue weighted by Crippen LogP contribution is -2.16. The standard InChI is InChI=1S/C8H11NO3S/c1-4(2)9-5(3)6(7(10)11)13-8(9)12/h4H,1-3H3,(H,10,11). The van der Waals surface area contributed by atoms with E-state index in [1.807, 2.05) is 13.8 Å². The van der Waals surface area contributed by atoms with E-state index in [9.17, 15) is 9.59 Å². The summed E-state index contributed by atoms with van der Waals surface area (Å²) in [6.07, 6.45) is 0. The van der Waals surface area contributed by atoms with Crippen LogP contribution in [0.5, 0.6) is 0 Å². The summed E-state index contributed by atoms with van der Waals surface area (Å²) in [7, 11) is 0. The largest absolute Gasteiger partial charge is 0.477 e. The monoisotopic (exact) mass is 201 g/mol. The molecule has 1 aromatic rings. The van der Waals surface area contributed by atoms with Crippen LogP contribution in [0.1, 0.15) is 35.3 Å². The number of hydrogen-bond acceptors (Lipinski definition) is 3. The third kappa shape index (κ3) is 1.65. The van der Waals surface area contributed by atoms with Crippen molar-refractivity contribution in [3.05, 3.63) is 20.2 Å². The van der Waals surface area contributed by atoms with Crippen LogP contribution in [0.3, 0.4) is 0 Å². The number of hydrogen-bond donors (Lipinski definition) is 1. The summed E-state index contributed by atoms with van der Waals surface area (Å²) in [5.41, 5.74) is 0.539. The Morgan fingerprint density at radius 2 is 2.08 bits per heavy atom. The third-order valence-electron chi connectivity index (χ3n) is 1.79. The molecule has 1 aromatic heterocycles. The maximum Gasteiger partial charge on any atom is 0.347 e. The molecule has 5 heteroatoms. The second kappa shape index (κ2) is 3.33. The molecule has 13 heavy (non-hydrogen) atoms. The van der Waals surface area contributed by atoms with Gasteiger partial charge in [-0.25, -0.2) is 4.79 Å². The van der Waals surface area contributed by atoms with Gasteiger partial charge in [-0.1, -0.05) is 11.3 Å². The molecule has 0 aromatic carbocycles. The molecule has 1 N–H and O–H groups in total. The fourth-order valence-electron chi connectivity index (χ4n) is 1.25. The van der Waals surface area contributed by atoms with Gasteiger partial charge in [0, 0.05) is 11.7 Å². The van der Waals surface area contributed by atoms with Crippen molar-refractivity contribution in [3.8, 4) is 0 Å². The summed E-state index contributed by atoms with van der Waals surface area (Å²) >= 11 is 0.785. The lowest BCUT2D eigenvalue weighted by Gasteiger charge is -2.07. The number of aromatic nitrogens is 1. The van der Waals surface area contributed by atoms with Gasteiger partial charge in [0.2, 0.25) is 0 Å². The van der Waals surface area contributed by atoms with Gasteiger partial charge in [0.1, 0.15) is 4.88 Å². The molecular weight excluding hydrogens is 190 g/mol. The summed E-state index contributed by atoms with van der Waals surface area (Å²) in [5.74, 6) is -1.03. The lowest BCUT2D eigenvalue weighted by atomic mass is 10.3. The van der Waals surface area contributed by atoms with Gasteiger partial charge in [-0.15, -0.1) is 0 Å². The van der Waals surface area contributed by atoms with Crippen LogP contribution in [0.4, 0.5) is 0 Å². The molecule has 0 amide bonds. The first-order valence-electron chi connectivity index (χ1n) is 3.90. The fourth-order valence-corrected chi connectivity index (χ4v) is 2.21. The topological polar surface area (TPSA) is 59.3 Å². The number of rotatable bonds is 2. The molecule has 0 atom stereocenters. The van der Waals surface area contributed by atoms with Crippen molar-refractivity contribution in [3.63, 3.8) is 0 Å². The molecule has 0 aliphatic carbocycles. The fraction of sp³-hybridized carbons (Fsp3) is 0.500. The molecule has 0 saturated carbocycles. The highest BCUT2D eigenvalue weighted by Crippen LogP contribution is 2.15. The van der Waals surface area contributed by atoms with Gasteiger partial charge in [-0.05, 0) is 20.8 Å². The molecule has 1 rings (SSSR count). The Morgan fingerprint density at radius 1 is 1.54 bits per heavy atom. The van der Waals surface area contributed by atoms with Crippen molar-refractivity contribution in [1.82, 2.24) is 4.57 Å². The van der Waals surface area contributed by atoms with Crippen molar-refractivity contribution < 1.29 is 9.90 Å². The molecule has 0 unspecified atom stereocenters. The second-order valence-electron chi connectivity index (χ2n) is 3.05. The highest BCUT2D eigenvalue weighted by molar-refractivity contribution is 7.11. The highest BCUT2D eigenvalue weighted by atomic mass is 32.1. The Hall–Kier alpha value is -1.10. The molecule has 0 radical (unpaired) electrons. The van der Waals surface area contributed by atoms with E-state index < -0.39 is 5.97 Å². The molecule has 0 fully saturated rings. The molecule has 0 bridgehead atoms. The molecule has 1 heterocycles. The SMILES string of the molecule is Cc1c(C(=O)O)sc(=O)n1C(C)C. The number of thiazole rings is 1. The van der Waals surface area contributed by atoms with Gasteiger partial charge >= 0.3 is 10.8 Å². The smallest absolute Gasteiger partial charge is 0.347 e. The number of nitrogens with zero attached hydrogens (tertiary/aromatic N) is 1. The lowest BCUT2D eigenvalue weighted by molar-refractivity contribution is 0.0700. The maximum absolute atomic E-state index is 11.3. The summed E-state index contributed by atoms with van der Waals surface area (Å²) in [6.45, 7) is 5.36. The van der Waals surface area contributed by atoms with Gasteiger partial charge in [0.25, 0.3) is 0 Å². The Balaban J connectivity index is 3.39. The molecule has 0 aliphatic rings. The maximum atomic E-state index is 11.3. The minimum absolute atomic E-state index is 0.0110. The van der Waals surface area contributed by atoms with E-state index in [1.54, 1.807) is 6.92 Å². The molecule has 4 nitrogen and oxygen atoms in total. The Labute approximate surface area is 79.4 Å². The Kier molecular flexibility index (Phi) is 2.56. The number of carboxylic acid groups (broad SMARTS) is 1. The minimum atomic E-state index is -1.03. The summed E-state index contributed by atoms with van der Waals surface area (Å²) in [6, 6.07) is 0.0110. The molecule has 72 valence electrons.